The Bertz CT molecular complexity index is 814. The summed E-state index contributed by atoms with van der Waals surface area (Å²) in [6, 6.07) is 5.39. The molecule has 0 heterocycles. The summed E-state index contributed by atoms with van der Waals surface area (Å²) in [7, 11) is 0. The first-order valence-electron chi connectivity index (χ1n) is 10.2. The van der Waals surface area contributed by atoms with Crippen molar-refractivity contribution in [3.63, 3.8) is 0 Å². The van der Waals surface area contributed by atoms with Crippen molar-refractivity contribution in [2.45, 2.75) is 51.2 Å². The van der Waals surface area contributed by atoms with Gasteiger partial charge in [0.2, 0.25) is 23.6 Å². The number of aliphatic carboxylic acids is 1. The van der Waals surface area contributed by atoms with Crippen LogP contribution >= 0.6 is 0 Å². The second-order valence-electron chi connectivity index (χ2n) is 7.65. The minimum atomic E-state index is -1.20. The standard InChI is InChI=1S/C21H31N5O6/c1-12(2)18(21(31)32)26-20(30)15(10-13-6-4-3-5-7-13)25-19(29)14(8-9-16(23)27)24-17(28)11-22/h3-7,12,14-15,18H,8-11,22H2,1-2H3,(H2,23,27)(H,24,28)(H,25,29)(H,26,30)(H,31,32). The van der Waals surface area contributed by atoms with Crippen LogP contribution in [0.5, 0.6) is 0 Å². The van der Waals surface area contributed by atoms with Gasteiger partial charge in [0.15, 0.2) is 0 Å². The number of carboxylic acid groups (broad SMARTS) is 1. The molecule has 0 bridgehead atoms. The molecule has 0 saturated heterocycles. The van der Waals surface area contributed by atoms with E-state index in [2.05, 4.69) is 16.0 Å². The van der Waals surface area contributed by atoms with E-state index in [1.54, 1.807) is 44.2 Å². The van der Waals surface area contributed by atoms with Crippen LogP contribution in [0.3, 0.4) is 0 Å². The topological polar surface area (TPSA) is 194 Å². The van der Waals surface area contributed by atoms with Crippen molar-refractivity contribution in [1.29, 1.82) is 0 Å². The highest BCUT2D eigenvalue weighted by Gasteiger charge is 2.30. The van der Waals surface area contributed by atoms with Gasteiger partial charge < -0.3 is 32.5 Å². The zero-order chi connectivity index (χ0) is 24.3. The number of nitrogens with two attached hydrogens (primary N) is 2. The molecule has 176 valence electrons. The highest BCUT2D eigenvalue weighted by atomic mass is 16.4. The molecule has 0 aromatic heterocycles. The quantitative estimate of drug-likeness (QED) is 0.214. The molecular weight excluding hydrogens is 418 g/mol. The number of carbonyl (C=O) groups excluding carboxylic acids is 4. The summed E-state index contributed by atoms with van der Waals surface area (Å²) < 4.78 is 0. The zero-order valence-electron chi connectivity index (χ0n) is 18.2. The van der Waals surface area contributed by atoms with Gasteiger partial charge in [-0.3, -0.25) is 19.2 Å². The largest absolute Gasteiger partial charge is 0.480 e. The molecule has 3 unspecified atom stereocenters. The fourth-order valence-corrected chi connectivity index (χ4v) is 2.91. The molecule has 0 spiro atoms. The van der Waals surface area contributed by atoms with Gasteiger partial charge in [-0.1, -0.05) is 44.2 Å². The van der Waals surface area contributed by atoms with Gasteiger partial charge in [-0.15, -0.1) is 0 Å². The number of carbonyl (C=O) groups is 5. The molecule has 0 aliphatic heterocycles. The Morgan fingerprint density at radius 2 is 1.53 bits per heavy atom. The van der Waals surface area contributed by atoms with Gasteiger partial charge in [-0.2, -0.15) is 0 Å². The van der Waals surface area contributed by atoms with Crippen molar-refractivity contribution in [2.75, 3.05) is 6.54 Å². The number of primary amides is 1. The first kappa shape index (κ1) is 26.6. The molecule has 1 aromatic rings. The Labute approximate surface area is 186 Å². The summed E-state index contributed by atoms with van der Waals surface area (Å²) in [6.07, 6.45) is -0.181. The minimum Gasteiger partial charge on any atom is -0.480 e. The van der Waals surface area contributed by atoms with Gasteiger partial charge in [-0.25, -0.2) is 4.79 Å². The second kappa shape index (κ2) is 13.1. The average Bonchev–Trinajstić information content (AvgIpc) is 2.73. The predicted molar refractivity (Wildman–Crippen MR) is 116 cm³/mol. The number of hydrogen-bond donors (Lipinski definition) is 6. The molecule has 8 N–H and O–H groups in total. The fraction of sp³-hybridized carbons (Fsp3) is 0.476. The van der Waals surface area contributed by atoms with Gasteiger partial charge in [-0.05, 0) is 17.9 Å². The normalized spacial score (nSPS) is 13.5. The van der Waals surface area contributed by atoms with Crippen LogP contribution in [0, 0.1) is 5.92 Å². The summed E-state index contributed by atoms with van der Waals surface area (Å²) in [5, 5.41) is 16.8. The third kappa shape index (κ3) is 9.13. The number of rotatable bonds is 13. The van der Waals surface area contributed by atoms with E-state index in [1.165, 1.54) is 0 Å². The molecule has 0 aliphatic rings. The molecule has 11 nitrogen and oxygen atoms in total. The van der Waals surface area contributed by atoms with Crippen LogP contribution in [0.2, 0.25) is 0 Å². The lowest BCUT2D eigenvalue weighted by Gasteiger charge is -2.25. The van der Waals surface area contributed by atoms with Crippen molar-refractivity contribution in [1.82, 2.24) is 16.0 Å². The maximum absolute atomic E-state index is 12.9. The molecular formula is C21H31N5O6. The van der Waals surface area contributed by atoms with E-state index >= 15 is 0 Å². The Morgan fingerprint density at radius 1 is 0.938 bits per heavy atom. The lowest BCUT2D eigenvalue weighted by atomic mass is 10.0. The minimum absolute atomic E-state index is 0.0796. The molecule has 32 heavy (non-hydrogen) atoms. The Morgan fingerprint density at radius 3 is 2.03 bits per heavy atom. The first-order chi connectivity index (χ1) is 15.0. The lowest BCUT2D eigenvalue weighted by Crippen LogP contribution is -2.57. The highest BCUT2D eigenvalue weighted by molar-refractivity contribution is 5.94. The number of amides is 4. The molecule has 0 radical (unpaired) electrons. The van der Waals surface area contributed by atoms with Gasteiger partial charge in [0.25, 0.3) is 0 Å². The molecule has 0 fully saturated rings. The van der Waals surface area contributed by atoms with Crippen molar-refractivity contribution in [3.05, 3.63) is 35.9 Å². The smallest absolute Gasteiger partial charge is 0.326 e. The molecule has 11 heteroatoms. The lowest BCUT2D eigenvalue weighted by molar-refractivity contribution is -0.143. The van der Waals surface area contributed by atoms with E-state index < -0.39 is 53.6 Å². The predicted octanol–water partition coefficient (Wildman–Crippen LogP) is -1.35. The number of carboxylic acids is 1. The first-order valence-corrected chi connectivity index (χ1v) is 10.2. The second-order valence-corrected chi connectivity index (χ2v) is 7.65. The summed E-state index contributed by atoms with van der Waals surface area (Å²) in [5.74, 6) is -4.29. The molecule has 0 saturated carbocycles. The van der Waals surface area contributed by atoms with E-state index in [4.69, 9.17) is 11.5 Å². The van der Waals surface area contributed by atoms with Crippen LogP contribution in [0.15, 0.2) is 30.3 Å². The van der Waals surface area contributed by atoms with Gasteiger partial charge in [0.05, 0.1) is 6.54 Å². The van der Waals surface area contributed by atoms with E-state index in [0.29, 0.717) is 0 Å². The van der Waals surface area contributed by atoms with E-state index in [0.717, 1.165) is 5.56 Å². The number of hydrogen-bond acceptors (Lipinski definition) is 6. The van der Waals surface area contributed by atoms with E-state index in [1.807, 2.05) is 0 Å². The highest BCUT2D eigenvalue weighted by Crippen LogP contribution is 2.08. The van der Waals surface area contributed by atoms with Gasteiger partial charge in [0, 0.05) is 12.8 Å². The molecule has 3 atom stereocenters. The van der Waals surface area contributed by atoms with Crippen LogP contribution in [0.4, 0.5) is 0 Å². The molecule has 4 amide bonds. The maximum atomic E-state index is 12.9. The fourth-order valence-electron chi connectivity index (χ4n) is 2.91. The van der Waals surface area contributed by atoms with Crippen molar-refractivity contribution >= 4 is 29.6 Å². The van der Waals surface area contributed by atoms with Gasteiger partial charge in [0.1, 0.15) is 18.1 Å². The monoisotopic (exact) mass is 449 g/mol. The van der Waals surface area contributed by atoms with Gasteiger partial charge >= 0.3 is 5.97 Å². The third-order valence-electron chi connectivity index (χ3n) is 4.66. The summed E-state index contributed by atoms with van der Waals surface area (Å²) in [6.45, 7) is 2.92. The Hall–Kier alpha value is -3.47. The maximum Gasteiger partial charge on any atom is 0.326 e. The third-order valence-corrected chi connectivity index (χ3v) is 4.66. The van der Waals surface area contributed by atoms with Crippen molar-refractivity contribution in [2.24, 2.45) is 17.4 Å². The average molecular weight is 450 g/mol. The summed E-state index contributed by atoms with van der Waals surface area (Å²) >= 11 is 0. The summed E-state index contributed by atoms with van der Waals surface area (Å²) in [4.78, 5) is 60.1. The van der Waals surface area contributed by atoms with Crippen molar-refractivity contribution in [3.8, 4) is 0 Å². The molecule has 0 aliphatic carbocycles. The van der Waals surface area contributed by atoms with Crippen LogP contribution in [0.1, 0.15) is 32.3 Å². The van der Waals surface area contributed by atoms with E-state index in [-0.39, 0.29) is 25.8 Å². The Balaban J connectivity index is 3.08. The zero-order valence-corrected chi connectivity index (χ0v) is 18.2. The molecule has 1 aromatic carbocycles. The van der Waals surface area contributed by atoms with E-state index in [9.17, 15) is 29.1 Å². The molecule has 1 rings (SSSR count). The van der Waals surface area contributed by atoms with Crippen LogP contribution in [0.25, 0.3) is 0 Å². The van der Waals surface area contributed by atoms with Crippen LogP contribution < -0.4 is 27.4 Å². The summed E-state index contributed by atoms with van der Waals surface area (Å²) in [5.41, 5.74) is 11.1. The van der Waals surface area contributed by atoms with Crippen LogP contribution in [-0.4, -0.2) is 59.4 Å². The van der Waals surface area contributed by atoms with Crippen molar-refractivity contribution < 1.29 is 29.1 Å². The number of nitrogens with one attached hydrogen (secondary N) is 3. The van der Waals surface area contributed by atoms with Crippen LogP contribution in [-0.2, 0) is 30.4 Å². The Kier molecular flexibility index (Phi) is 10.8. The SMILES string of the molecule is CC(C)C(NC(=O)C(Cc1ccccc1)NC(=O)C(CCC(N)=O)NC(=O)CN)C(=O)O. The number of benzene rings is 1.